The minimum atomic E-state index is 0.186. The number of fused-ring (bicyclic) bond motifs is 1. The molecule has 29 heavy (non-hydrogen) atoms. The fourth-order valence-corrected chi connectivity index (χ4v) is 4.80. The second kappa shape index (κ2) is 7.55. The van der Waals surface area contributed by atoms with Gasteiger partial charge in [0.2, 0.25) is 0 Å². The van der Waals surface area contributed by atoms with Crippen molar-refractivity contribution in [3.63, 3.8) is 0 Å². The molecule has 1 aliphatic rings. The first-order valence-corrected chi connectivity index (χ1v) is 11.0. The molecule has 0 saturated carbocycles. The summed E-state index contributed by atoms with van der Waals surface area (Å²) in [7, 11) is 0. The van der Waals surface area contributed by atoms with Crippen LogP contribution in [-0.4, -0.2) is 31.3 Å². The van der Waals surface area contributed by atoms with Gasteiger partial charge in [0, 0.05) is 18.5 Å². The van der Waals surface area contributed by atoms with Crippen LogP contribution in [0.5, 0.6) is 0 Å². The number of benzene rings is 1. The van der Waals surface area contributed by atoms with Crippen molar-refractivity contribution in [2.45, 2.75) is 39.3 Å². The highest BCUT2D eigenvalue weighted by molar-refractivity contribution is 7.13. The van der Waals surface area contributed by atoms with E-state index in [9.17, 15) is 0 Å². The van der Waals surface area contributed by atoms with Crippen molar-refractivity contribution in [3.8, 4) is 10.7 Å². The van der Waals surface area contributed by atoms with Crippen LogP contribution in [-0.2, 0) is 6.54 Å². The first-order valence-electron chi connectivity index (χ1n) is 10.2. The normalized spacial score (nSPS) is 16.9. The van der Waals surface area contributed by atoms with E-state index in [0.717, 1.165) is 59.2 Å². The van der Waals surface area contributed by atoms with Gasteiger partial charge in [-0.3, -0.25) is 0 Å². The lowest BCUT2D eigenvalue weighted by atomic mass is 10.1. The Morgan fingerprint density at radius 3 is 2.86 bits per heavy atom. The van der Waals surface area contributed by atoms with Gasteiger partial charge in [-0.05, 0) is 42.3 Å². The van der Waals surface area contributed by atoms with Gasteiger partial charge in [-0.25, -0.2) is 9.97 Å². The minimum absolute atomic E-state index is 0.186. The highest BCUT2D eigenvalue weighted by Crippen LogP contribution is 2.38. The van der Waals surface area contributed by atoms with Crippen LogP contribution in [0.2, 0.25) is 0 Å². The van der Waals surface area contributed by atoms with Crippen LogP contribution in [0.15, 0.2) is 48.1 Å². The van der Waals surface area contributed by atoms with Gasteiger partial charge in [0.1, 0.15) is 12.1 Å². The lowest BCUT2D eigenvalue weighted by molar-refractivity contribution is 0.487. The van der Waals surface area contributed by atoms with Gasteiger partial charge < -0.3 is 9.47 Å². The Morgan fingerprint density at radius 2 is 2.03 bits per heavy atom. The minimum Gasteiger partial charge on any atom is -0.346 e. The molecular formula is C22H24N6S. The van der Waals surface area contributed by atoms with Crippen LogP contribution in [0.25, 0.3) is 21.6 Å². The van der Waals surface area contributed by atoms with Crippen molar-refractivity contribution < 1.29 is 0 Å². The lowest BCUT2D eigenvalue weighted by Crippen LogP contribution is -2.27. The number of nitrogens with zero attached hydrogens (tertiary/aromatic N) is 6. The van der Waals surface area contributed by atoms with Gasteiger partial charge in [0.05, 0.1) is 16.4 Å². The number of rotatable bonds is 5. The van der Waals surface area contributed by atoms with E-state index in [0.29, 0.717) is 5.92 Å². The number of anilines is 1. The van der Waals surface area contributed by atoms with E-state index in [2.05, 4.69) is 63.2 Å². The summed E-state index contributed by atoms with van der Waals surface area (Å²) in [5.74, 6) is 3.38. The molecule has 0 aliphatic carbocycles. The SMILES string of the molecule is CC(C)Cn1cnnc1C1CCCN1c1nc(-c2cccs2)nc2ccccc12. The Hall–Kier alpha value is -2.80. The first-order chi connectivity index (χ1) is 14.2. The van der Waals surface area contributed by atoms with Gasteiger partial charge in [-0.1, -0.05) is 32.0 Å². The fourth-order valence-electron chi connectivity index (χ4n) is 4.14. The van der Waals surface area contributed by atoms with E-state index in [1.54, 1.807) is 11.3 Å². The molecule has 5 rings (SSSR count). The zero-order valence-electron chi connectivity index (χ0n) is 16.7. The van der Waals surface area contributed by atoms with Gasteiger partial charge in [-0.15, -0.1) is 21.5 Å². The Balaban J connectivity index is 1.62. The average molecular weight is 405 g/mol. The first kappa shape index (κ1) is 18.2. The van der Waals surface area contributed by atoms with E-state index in [1.165, 1.54) is 0 Å². The molecule has 0 spiro atoms. The molecule has 1 unspecified atom stereocenters. The van der Waals surface area contributed by atoms with E-state index in [1.807, 2.05) is 18.5 Å². The summed E-state index contributed by atoms with van der Waals surface area (Å²) in [6.45, 7) is 6.34. The second-order valence-corrected chi connectivity index (χ2v) is 8.90. The number of thiophene rings is 1. The third-order valence-electron chi connectivity index (χ3n) is 5.35. The average Bonchev–Trinajstić information content (AvgIpc) is 3.47. The van der Waals surface area contributed by atoms with Gasteiger partial charge in [0.25, 0.3) is 0 Å². The maximum Gasteiger partial charge on any atom is 0.172 e. The quantitative estimate of drug-likeness (QED) is 0.471. The summed E-state index contributed by atoms with van der Waals surface area (Å²) >= 11 is 1.67. The number of aromatic nitrogens is 5. The Labute approximate surface area is 174 Å². The zero-order valence-corrected chi connectivity index (χ0v) is 17.5. The lowest BCUT2D eigenvalue weighted by Gasteiger charge is -2.27. The molecular weight excluding hydrogens is 380 g/mol. The van der Waals surface area contributed by atoms with E-state index >= 15 is 0 Å². The molecule has 4 heterocycles. The molecule has 0 bridgehead atoms. The Morgan fingerprint density at radius 1 is 1.14 bits per heavy atom. The zero-order chi connectivity index (χ0) is 19.8. The summed E-state index contributed by atoms with van der Waals surface area (Å²) < 4.78 is 2.21. The third-order valence-corrected chi connectivity index (χ3v) is 6.22. The molecule has 1 aromatic carbocycles. The van der Waals surface area contributed by atoms with Crippen molar-refractivity contribution >= 4 is 28.1 Å². The number of para-hydroxylation sites is 1. The summed E-state index contributed by atoms with van der Waals surface area (Å²) in [6, 6.07) is 12.6. The molecule has 148 valence electrons. The molecule has 7 heteroatoms. The van der Waals surface area contributed by atoms with E-state index in [4.69, 9.17) is 9.97 Å². The molecule has 3 aromatic heterocycles. The Bertz CT molecular complexity index is 1120. The standard InChI is InChI=1S/C22H24N6S/c1-15(2)13-27-14-23-26-22(27)18-9-5-11-28(18)21-16-7-3-4-8-17(16)24-20(25-21)19-10-6-12-29-19/h3-4,6-8,10,12,14-15,18H,5,9,11,13H2,1-2H3. The molecule has 6 nitrogen and oxygen atoms in total. The van der Waals surface area contributed by atoms with Gasteiger partial charge in [0.15, 0.2) is 11.6 Å². The van der Waals surface area contributed by atoms with Crippen LogP contribution in [0.1, 0.15) is 38.6 Å². The highest BCUT2D eigenvalue weighted by Gasteiger charge is 2.32. The smallest absolute Gasteiger partial charge is 0.172 e. The van der Waals surface area contributed by atoms with Crippen molar-refractivity contribution in [1.29, 1.82) is 0 Å². The van der Waals surface area contributed by atoms with Crippen molar-refractivity contribution in [3.05, 3.63) is 53.9 Å². The largest absolute Gasteiger partial charge is 0.346 e. The van der Waals surface area contributed by atoms with Crippen molar-refractivity contribution in [2.75, 3.05) is 11.4 Å². The highest BCUT2D eigenvalue weighted by atomic mass is 32.1. The molecule has 1 aliphatic heterocycles. The fraction of sp³-hybridized carbons (Fsp3) is 0.364. The van der Waals surface area contributed by atoms with Gasteiger partial charge in [-0.2, -0.15) is 0 Å². The van der Waals surface area contributed by atoms with Crippen molar-refractivity contribution in [2.24, 2.45) is 5.92 Å². The number of hydrogen-bond donors (Lipinski definition) is 0. The van der Waals surface area contributed by atoms with E-state index in [-0.39, 0.29) is 6.04 Å². The summed E-state index contributed by atoms with van der Waals surface area (Å²) in [5.41, 5.74) is 0.982. The maximum absolute atomic E-state index is 5.04. The molecule has 0 amide bonds. The maximum atomic E-state index is 5.04. The second-order valence-electron chi connectivity index (χ2n) is 7.95. The molecule has 1 saturated heterocycles. The van der Waals surface area contributed by atoms with Crippen LogP contribution in [0.3, 0.4) is 0 Å². The van der Waals surface area contributed by atoms with Crippen LogP contribution < -0.4 is 4.90 Å². The van der Waals surface area contributed by atoms with Crippen LogP contribution >= 0.6 is 11.3 Å². The molecule has 4 aromatic rings. The van der Waals surface area contributed by atoms with Crippen LogP contribution in [0, 0.1) is 5.92 Å². The molecule has 1 atom stereocenters. The Kier molecular flexibility index (Phi) is 4.75. The molecule has 0 N–H and O–H groups in total. The van der Waals surface area contributed by atoms with Gasteiger partial charge >= 0.3 is 0 Å². The predicted octanol–water partition coefficient (Wildman–Crippen LogP) is 4.95. The summed E-state index contributed by atoms with van der Waals surface area (Å²) in [4.78, 5) is 13.4. The monoisotopic (exact) mass is 404 g/mol. The number of hydrogen-bond acceptors (Lipinski definition) is 6. The summed E-state index contributed by atoms with van der Waals surface area (Å²) in [6.07, 6.45) is 4.04. The van der Waals surface area contributed by atoms with Crippen molar-refractivity contribution in [1.82, 2.24) is 24.7 Å². The summed E-state index contributed by atoms with van der Waals surface area (Å²) in [5, 5.41) is 11.9. The topological polar surface area (TPSA) is 59.7 Å². The van der Waals surface area contributed by atoms with E-state index < -0.39 is 0 Å². The predicted molar refractivity (Wildman–Crippen MR) is 117 cm³/mol. The third kappa shape index (κ3) is 3.40. The molecule has 0 radical (unpaired) electrons. The molecule has 1 fully saturated rings. The van der Waals surface area contributed by atoms with Crippen LogP contribution in [0.4, 0.5) is 5.82 Å².